The molecule has 0 aliphatic carbocycles. The van der Waals surface area contributed by atoms with Crippen molar-refractivity contribution in [2.75, 3.05) is 12.3 Å². The van der Waals surface area contributed by atoms with E-state index in [4.69, 9.17) is 16.7 Å². The van der Waals surface area contributed by atoms with Crippen molar-refractivity contribution in [3.63, 3.8) is 0 Å². The number of nitriles is 1. The Morgan fingerprint density at radius 1 is 1.36 bits per heavy atom. The van der Waals surface area contributed by atoms with Crippen LogP contribution in [0, 0.1) is 23.2 Å². The predicted octanol–water partition coefficient (Wildman–Crippen LogP) is 0.841. The van der Waals surface area contributed by atoms with Crippen LogP contribution in [0.1, 0.15) is 17.5 Å². The van der Waals surface area contributed by atoms with E-state index >= 15 is 0 Å². The van der Waals surface area contributed by atoms with Gasteiger partial charge < -0.3 is 11.5 Å². The third-order valence-electron chi connectivity index (χ3n) is 1.70. The van der Waals surface area contributed by atoms with Crippen LogP contribution in [0.4, 0.5) is 5.69 Å². The standard InChI is InChI=1S/C11H11N3/c12-7-2-1-4-9-5-3-6-11(14)10(9)8-13/h3,5-6H,2,7,12,14H2. The third-order valence-corrected chi connectivity index (χ3v) is 1.70. The summed E-state index contributed by atoms with van der Waals surface area (Å²) in [4.78, 5) is 0. The van der Waals surface area contributed by atoms with Crippen LogP contribution in [0.2, 0.25) is 0 Å². The van der Waals surface area contributed by atoms with Gasteiger partial charge in [0.05, 0.1) is 11.3 Å². The molecular formula is C11H11N3. The Balaban J connectivity index is 3.06. The number of nitrogen functional groups attached to an aromatic ring is 1. The number of benzene rings is 1. The summed E-state index contributed by atoms with van der Waals surface area (Å²) in [5, 5.41) is 8.83. The summed E-state index contributed by atoms with van der Waals surface area (Å²) < 4.78 is 0. The molecule has 70 valence electrons. The van der Waals surface area contributed by atoms with Crippen LogP contribution in [-0.4, -0.2) is 6.54 Å². The molecule has 3 nitrogen and oxygen atoms in total. The monoisotopic (exact) mass is 185 g/mol. The first kappa shape index (κ1) is 10.1. The van der Waals surface area contributed by atoms with Gasteiger partial charge in [0.2, 0.25) is 0 Å². The van der Waals surface area contributed by atoms with E-state index in [9.17, 15) is 0 Å². The lowest BCUT2D eigenvalue weighted by Crippen LogP contribution is -1.96. The molecule has 0 fully saturated rings. The molecule has 3 heteroatoms. The summed E-state index contributed by atoms with van der Waals surface area (Å²) in [6, 6.07) is 7.28. The first-order valence-electron chi connectivity index (χ1n) is 4.27. The molecule has 0 amide bonds. The van der Waals surface area contributed by atoms with E-state index in [0.29, 0.717) is 29.8 Å². The van der Waals surface area contributed by atoms with Gasteiger partial charge in [-0.1, -0.05) is 17.9 Å². The summed E-state index contributed by atoms with van der Waals surface area (Å²) in [6.45, 7) is 0.525. The number of nitrogens with two attached hydrogens (primary N) is 2. The second-order valence-corrected chi connectivity index (χ2v) is 2.72. The first-order valence-corrected chi connectivity index (χ1v) is 4.27. The van der Waals surface area contributed by atoms with E-state index < -0.39 is 0 Å². The van der Waals surface area contributed by atoms with Crippen LogP contribution in [0.5, 0.6) is 0 Å². The van der Waals surface area contributed by atoms with Gasteiger partial charge in [-0.25, -0.2) is 0 Å². The van der Waals surface area contributed by atoms with Gasteiger partial charge in [0.25, 0.3) is 0 Å². The zero-order valence-corrected chi connectivity index (χ0v) is 7.75. The van der Waals surface area contributed by atoms with Gasteiger partial charge in [0.1, 0.15) is 6.07 Å². The van der Waals surface area contributed by atoms with Gasteiger partial charge in [-0.15, -0.1) is 0 Å². The molecule has 0 radical (unpaired) electrons. The fraction of sp³-hybridized carbons (Fsp3) is 0.182. The van der Waals surface area contributed by atoms with Crippen LogP contribution in [0.15, 0.2) is 18.2 Å². The first-order chi connectivity index (χ1) is 6.79. The minimum Gasteiger partial charge on any atom is -0.398 e. The lowest BCUT2D eigenvalue weighted by molar-refractivity contribution is 1.03. The van der Waals surface area contributed by atoms with Gasteiger partial charge in [0.15, 0.2) is 0 Å². The summed E-state index contributed by atoms with van der Waals surface area (Å²) in [5.74, 6) is 5.75. The molecule has 0 saturated heterocycles. The normalized spacial score (nSPS) is 8.57. The van der Waals surface area contributed by atoms with E-state index in [1.807, 2.05) is 6.07 Å². The average molecular weight is 185 g/mol. The Hall–Kier alpha value is -1.97. The Morgan fingerprint density at radius 2 is 2.14 bits per heavy atom. The highest BCUT2D eigenvalue weighted by Gasteiger charge is 2.01. The maximum absolute atomic E-state index is 8.83. The lowest BCUT2D eigenvalue weighted by atomic mass is 10.1. The van der Waals surface area contributed by atoms with Crippen LogP contribution in [0.25, 0.3) is 0 Å². The molecule has 0 spiro atoms. The lowest BCUT2D eigenvalue weighted by Gasteiger charge is -1.98. The maximum Gasteiger partial charge on any atom is 0.103 e. The van der Waals surface area contributed by atoms with Crippen molar-refractivity contribution in [2.45, 2.75) is 6.42 Å². The van der Waals surface area contributed by atoms with Gasteiger partial charge in [0, 0.05) is 18.5 Å². The van der Waals surface area contributed by atoms with Gasteiger partial charge in [-0.2, -0.15) is 5.26 Å². The molecule has 0 aromatic heterocycles. The van der Waals surface area contributed by atoms with Crippen molar-refractivity contribution >= 4 is 5.69 Å². The Morgan fingerprint density at radius 3 is 2.79 bits per heavy atom. The number of rotatable bonds is 1. The fourth-order valence-electron chi connectivity index (χ4n) is 1.03. The van der Waals surface area contributed by atoms with Gasteiger partial charge in [-0.3, -0.25) is 0 Å². The molecule has 4 N–H and O–H groups in total. The molecule has 0 unspecified atom stereocenters. The molecule has 1 aromatic rings. The van der Waals surface area contributed by atoms with E-state index in [1.165, 1.54) is 0 Å². The largest absolute Gasteiger partial charge is 0.398 e. The molecule has 0 aliphatic rings. The van der Waals surface area contributed by atoms with Crippen LogP contribution >= 0.6 is 0 Å². The molecule has 1 aromatic carbocycles. The predicted molar refractivity (Wildman–Crippen MR) is 56.1 cm³/mol. The number of hydrogen-bond donors (Lipinski definition) is 2. The smallest absolute Gasteiger partial charge is 0.103 e. The molecular weight excluding hydrogens is 174 g/mol. The Kier molecular flexibility index (Phi) is 3.55. The van der Waals surface area contributed by atoms with Crippen molar-refractivity contribution in [1.29, 1.82) is 5.26 Å². The second-order valence-electron chi connectivity index (χ2n) is 2.72. The summed E-state index contributed by atoms with van der Waals surface area (Å²) >= 11 is 0. The van der Waals surface area contributed by atoms with Crippen LogP contribution in [-0.2, 0) is 0 Å². The average Bonchev–Trinajstić information content (AvgIpc) is 2.18. The molecule has 0 atom stereocenters. The number of anilines is 1. The van der Waals surface area contributed by atoms with E-state index in [-0.39, 0.29) is 0 Å². The highest BCUT2D eigenvalue weighted by molar-refractivity contribution is 5.62. The van der Waals surface area contributed by atoms with Crippen molar-refractivity contribution in [2.24, 2.45) is 5.73 Å². The van der Waals surface area contributed by atoms with Crippen molar-refractivity contribution in [1.82, 2.24) is 0 Å². The van der Waals surface area contributed by atoms with Gasteiger partial charge >= 0.3 is 0 Å². The minimum atomic E-state index is 0.442. The van der Waals surface area contributed by atoms with Crippen molar-refractivity contribution in [3.8, 4) is 17.9 Å². The second kappa shape index (κ2) is 4.91. The zero-order valence-electron chi connectivity index (χ0n) is 7.75. The third kappa shape index (κ3) is 2.26. The zero-order chi connectivity index (χ0) is 10.4. The highest BCUT2D eigenvalue weighted by atomic mass is 14.6. The SMILES string of the molecule is N#Cc1c(N)cccc1C#CCCN. The molecule has 0 heterocycles. The Bertz CT molecular complexity index is 418. The maximum atomic E-state index is 8.83. The summed E-state index contributed by atoms with van der Waals surface area (Å²) in [7, 11) is 0. The molecule has 0 bridgehead atoms. The Labute approximate surface area is 83.3 Å². The van der Waals surface area contributed by atoms with E-state index in [1.54, 1.807) is 18.2 Å². The molecule has 0 saturated carbocycles. The number of nitrogens with zero attached hydrogens (tertiary/aromatic N) is 1. The summed E-state index contributed by atoms with van der Waals surface area (Å²) in [6.07, 6.45) is 0.625. The fourth-order valence-corrected chi connectivity index (χ4v) is 1.03. The topological polar surface area (TPSA) is 75.8 Å². The van der Waals surface area contributed by atoms with E-state index in [2.05, 4.69) is 11.8 Å². The van der Waals surface area contributed by atoms with Gasteiger partial charge in [-0.05, 0) is 12.1 Å². The summed E-state index contributed by atoms with van der Waals surface area (Å²) in [5.41, 5.74) is 12.5. The number of hydrogen-bond acceptors (Lipinski definition) is 3. The van der Waals surface area contributed by atoms with Crippen molar-refractivity contribution < 1.29 is 0 Å². The van der Waals surface area contributed by atoms with Crippen molar-refractivity contribution in [3.05, 3.63) is 29.3 Å². The molecule has 0 aliphatic heterocycles. The quantitative estimate of drug-likeness (QED) is 0.503. The highest BCUT2D eigenvalue weighted by Crippen LogP contribution is 2.14. The minimum absolute atomic E-state index is 0.442. The molecule has 14 heavy (non-hydrogen) atoms. The van der Waals surface area contributed by atoms with E-state index in [0.717, 1.165) is 0 Å². The van der Waals surface area contributed by atoms with Crippen LogP contribution in [0.3, 0.4) is 0 Å². The molecule has 1 rings (SSSR count). The van der Waals surface area contributed by atoms with Crippen LogP contribution < -0.4 is 11.5 Å².